The van der Waals surface area contributed by atoms with E-state index >= 15 is 0 Å². The first-order chi connectivity index (χ1) is 13.1. The molecule has 1 amide bonds. The van der Waals surface area contributed by atoms with Crippen molar-refractivity contribution < 1.29 is 14.3 Å². The Balaban J connectivity index is 2.08. The average Bonchev–Trinajstić information content (AvgIpc) is 3.19. The number of thiophene rings is 1. The van der Waals surface area contributed by atoms with Crippen LogP contribution in [0.1, 0.15) is 48.7 Å². The van der Waals surface area contributed by atoms with Crippen LogP contribution in [0.5, 0.6) is 11.5 Å². The molecule has 2 aromatic rings. The first-order valence-corrected chi connectivity index (χ1v) is 10.4. The van der Waals surface area contributed by atoms with Crippen molar-refractivity contribution in [1.82, 2.24) is 10.2 Å². The summed E-state index contributed by atoms with van der Waals surface area (Å²) in [5.74, 6) is 1.20. The molecule has 0 radical (unpaired) electrons. The van der Waals surface area contributed by atoms with E-state index in [2.05, 4.69) is 40.9 Å². The van der Waals surface area contributed by atoms with Crippen molar-refractivity contribution in [1.29, 1.82) is 0 Å². The second-order valence-corrected chi connectivity index (χ2v) is 7.38. The number of ether oxygens (including phenoxy) is 2. The molecule has 2 rings (SSSR count). The van der Waals surface area contributed by atoms with Crippen LogP contribution in [0.3, 0.4) is 0 Å². The molecule has 1 aromatic carbocycles. The maximum Gasteiger partial charge on any atom is 0.251 e. The number of nitrogens with one attached hydrogen (secondary N) is 1. The average molecular weight is 391 g/mol. The smallest absolute Gasteiger partial charge is 0.251 e. The lowest BCUT2D eigenvalue weighted by atomic mass is 10.1. The van der Waals surface area contributed by atoms with Gasteiger partial charge in [-0.3, -0.25) is 4.79 Å². The van der Waals surface area contributed by atoms with Gasteiger partial charge in [-0.1, -0.05) is 13.8 Å². The molecule has 0 bridgehead atoms. The van der Waals surface area contributed by atoms with Gasteiger partial charge in [0.1, 0.15) is 0 Å². The van der Waals surface area contributed by atoms with E-state index in [1.54, 1.807) is 23.5 Å². The highest BCUT2D eigenvalue weighted by atomic mass is 32.1. The van der Waals surface area contributed by atoms with E-state index in [0.29, 0.717) is 36.8 Å². The summed E-state index contributed by atoms with van der Waals surface area (Å²) in [5.41, 5.74) is 1.79. The first-order valence-electron chi connectivity index (χ1n) is 9.43. The van der Waals surface area contributed by atoms with Gasteiger partial charge in [-0.05, 0) is 67.5 Å². The Hall–Kier alpha value is -2.05. The van der Waals surface area contributed by atoms with Crippen molar-refractivity contribution in [3.63, 3.8) is 0 Å². The Morgan fingerprint density at radius 1 is 1.11 bits per heavy atom. The van der Waals surface area contributed by atoms with E-state index in [1.807, 2.05) is 20.2 Å². The van der Waals surface area contributed by atoms with E-state index in [9.17, 15) is 4.79 Å². The van der Waals surface area contributed by atoms with Gasteiger partial charge in [0, 0.05) is 12.1 Å². The van der Waals surface area contributed by atoms with E-state index < -0.39 is 0 Å². The fourth-order valence-corrected chi connectivity index (χ4v) is 3.37. The van der Waals surface area contributed by atoms with Crippen LogP contribution < -0.4 is 14.8 Å². The zero-order valence-electron chi connectivity index (χ0n) is 16.7. The number of carbonyl (C=O) groups is 1. The summed E-state index contributed by atoms with van der Waals surface area (Å²) in [6.45, 7) is 5.87. The SMILES string of the molecule is CCCOc1ccc(C(=O)NCC(c2ccsc2)N(C)C)cc1OCCC. The standard InChI is InChI=1S/C21H30N2O3S/c1-5-10-25-19-8-7-16(13-20(19)26-11-6-2)21(24)22-14-18(23(3)4)17-9-12-27-15-17/h7-9,12-13,15,18H,5-6,10-11,14H2,1-4H3,(H,22,24). The van der Waals surface area contributed by atoms with Gasteiger partial charge in [-0.2, -0.15) is 11.3 Å². The number of carbonyl (C=O) groups excluding carboxylic acids is 1. The molecule has 0 fully saturated rings. The summed E-state index contributed by atoms with van der Waals surface area (Å²) in [6.07, 6.45) is 1.82. The molecule has 0 saturated carbocycles. The molecule has 1 atom stereocenters. The summed E-state index contributed by atoms with van der Waals surface area (Å²) in [4.78, 5) is 14.8. The minimum atomic E-state index is -0.111. The fourth-order valence-electron chi connectivity index (χ4n) is 2.66. The lowest BCUT2D eigenvalue weighted by molar-refractivity contribution is 0.0941. The lowest BCUT2D eigenvalue weighted by Gasteiger charge is -2.24. The van der Waals surface area contributed by atoms with Crippen molar-refractivity contribution in [3.8, 4) is 11.5 Å². The fraction of sp³-hybridized carbons (Fsp3) is 0.476. The van der Waals surface area contributed by atoms with Crippen LogP contribution in [0.25, 0.3) is 0 Å². The van der Waals surface area contributed by atoms with Gasteiger partial charge in [-0.25, -0.2) is 0 Å². The predicted molar refractivity (Wildman–Crippen MR) is 111 cm³/mol. The third kappa shape index (κ3) is 6.26. The number of hydrogen-bond donors (Lipinski definition) is 1. The molecular weight excluding hydrogens is 360 g/mol. The maximum absolute atomic E-state index is 12.7. The van der Waals surface area contributed by atoms with Crippen LogP contribution in [0.4, 0.5) is 0 Å². The van der Waals surface area contributed by atoms with Gasteiger partial charge in [0.05, 0.1) is 19.3 Å². The van der Waals surface area contributed by atoms with Gasteiger partial charge in [0.25, 0.3) is 5.91 Å². The third-order valence-corrected chi connectivity index (χ3v) is 4.84. The molecule has 0 aliphatic carbocycles. The molecule has 27 heavy (non-hydrogen) atoms. The van der Waals surface area contributed by atoms with E-state index in [1.165, 1.54) is 5.56 Å². The van der Waals surface area contributed by atoms with E-state index in [0.717, 1.165) is 12.8 Å². The van der Waals surface area contributed by atoms with Crippen LogP contribution in [0, 0.1) is 0 Å². The van der Waals surface area contributed by atoms with Gasteiger partial charge < -0.3 is 19.7 Å². The molecule has 0 spiro atoms. The summed E-state index contributed by atoms with van der Waals surface area (Å²) in [7, 11) is 4.04. The molecular formula is C21H30N2O3S. The second kappa shape index (κ2) is 10.9. The summed E-state index contributed by atoms with van der Waals surface area (Å²) in [6, 6.07) is 7.61. The Kier molecular flexibility index (Phi) is 8.61. The highest BCUT2D eigenvalue weighted by Gasteiger charge is 2.17. The topological polar surface area (TPSA) is 50.8 Å². The van der Waals surface area contributed by atoms with Gasteiger partial charge in [0.2, 0.25) is 0 Å². The number of benzene rings is 1. The van der Waals surface area contributed by atoms with Crippen molar-refractivity contribution in [2.45, 2.75) is 32.7 Å². The minimum absolute atomic E-state index is 0.111. The number of hydrogen-bond acceptors (Lipinski definition) is 5. The Morgan fingerprint density at radius 2 is 1.81 bits per heavy atom. The third-order valence-electron chi connectivity index (χ3n) is 4.14. The zero-order valence-corrected chi connectivity index (χ0v) is 17.5. The van der Waals surface area contributed by atoms with Crippen molar-refractivity contribution >= 4 is 17.2 Å². The maximum atomic E-state index is 12.7. The molecule has 0 aliphatic heterocycles. The van der Waals surface area contributed by atoms with Crippen molar-refractivity contribution in [2.75, 3.05) is 33.9 Å². The zero-order chi connectivity index (χ0) is 19.6. The van der Waals surface area contributed by atoms with Crippen molar-refractivity contribution in [2.24, 2.45) is 0 Å². The molecule has 1 unspecified atom stereocenters. The molecule has 148 valence electrons. The summed E-state index contributed by atoms with van der Waals surface area (Å²) >= 11 is 1.66. The molecule has 0 saturated heterocycles. The molecule has 1 N–H and O–H groups in total. The van der Waals surface area contributed by atoms with E-state index in [-0.39, 0.29) is 11.9 Å². The number of rotatable bonds is 11. The largest absolute Gasteiger partial charge is 0.490 e. The normalized spacial score (nSPS) is 12.0. The van der Waals surface area contributed by atoms with Crippen molar-refractivity contribution in [3.05, 3.63) is 46.2 Å². The minimum Gasteiger partial charge on any atom is -0.490 e. The van der Waals surface area contributed by atoms with Crippen LogP contribution in [0.15, 0.2) is 35.0 Å². The lowest BCUT2D eigenvalue weighted by Crippen LogP contribution is -2.34. The van der Waals surface area contributed by atoms with Gasteiger partial charge in [0.15, 0.2) is 11.5 Å². The first kappa shape index (κ1) is 21.3. The Bertz CT molecular complexity index is 701. The Labute approximate surface area is 166 Å². The number of likely N-dealkylation sites (N-methyl/N-ethyl adjacent to an activating group) is 1. The quantitative estimate of drug-likeness (QED) is 0.619. The van der Waals surface area contributed by atoms with Crippen LogP contribution in [0.2, 0.25) is 0 Å². The van der Waals surface area contributed by atoms with Crippen LogP contribution in [-0.4, -0.2) is 44.7 Å². The molecule has 1 aromatic heterocycles. The van der Waals surface area contributed by atoms with Gasteiger partial charge >= 0.3 is 0 Å². The molecule has 6 heteroatoms. The second-order valence-electron chi connectivity index (χ2n) is 6.60. The van der Waals surface area contributed by atoms with Crippen LogP contribution in [-0.2, 0) is 0 Å². The Morgan fingerprint density at radius 3 is 2.41 bits per heavy atom. The number of nitrogens with zero attached hydrogens (tertiary/aromatic N) is 1. The van der Waals surface area contributed by atoms with Gasteiger partial charge in [-0.15, -0.1) is 0 Å². The number of amides is 1. The predicted octanol–water partition coefficient (Wildman–Crippen LogP) is 4.36. The molecule has 0 aliphatic rings. The molecule has 5 nitrogen and oxygen atoms in total. The summed E-state index contributed by atoms with van der Waals surface area (Å²) in [5, 5.41) is 7.22. The monoisotopic (exact) mass is 390 g/mol. The highest BCUT2D eigenvalue weighted by Crippen LogP contribution is 2.29. The van der Waals surface area contributed by atoms with E-state index in [4.69, 9.17) is 9.47 Å². The summed E-state index contributed by atoms with van der Waals surface area (Å²) < 4.78 is 11.5. The molecule has 1 heterocycles. The highest BCUT2D eigenvalue weighted by molar-refractivity contribution is 7.07. The van der Waals surface area contributed by atoms with Crippen LogP contribution >= 0.6 is 11.3 Å².